The third kappa shape index (κ3) is 4.93. The van der Waals surface area contributed by atoms with Crippen LogP contribution >= 0.6 is 22.9 Å². The number of thiazole rings is 1. The van der Waals surface area contributed by atoms with E-state index in [9.17, 15) is 9.90 Å². The molecule has 37 heavy (non-hydrogen) atoms. The number of fused-ring (bicyclic) bond motifs is 2. The first kappa shape index (κ1) is 25.2. The topological polar surface area (TPSA) is 77.2 Å². The number of benzene rings is 3. The van der Waals surface area contributed by atoms with Crippen LogP contribution in [0, 0.1) is 6.92 Å². The molecule has 5 aromatic rings. The highest BCUT2D eigenvalue weighted by Crippen LogP contribution is 2.45. The highest BCUT2D eigenvalue weighted by molar-refractivity contribution is 7.22. The normalized spacial score (nSPS) is 11.9. The summed E-state index contributed by atoms with van der Waals surface area (Å²) in [4.78, 5) is 16.9. The molecule has 0 bridgehead atoms. The lowest BCUT2D eigenvalue weighted by Crippen LogP contribution is -2.23. The van der Waals surface area contributed by atoms with Gasteiger partial charge in [-0.15, -0.1) is 11.3 Å². The fraction of sp³-hybridized carbons (Fsp3) is 0.276. The quantitative estimate of drug-likeness (QED) is 0.241. The van der Waals surface area contributed by atoms with Gasteiger partial charge < -0.3 is 9.84 Å². The van der Waals surface area contributed by atoms with Gasteiger partial charge in [0.2, 0.25) is 0 Å². The third-order valence-corrected chi connectivity index (χ3v) is 7.53. The molecule has 0 spiro atoms. The number of nitrogens with zero attached hydrogens (tertiary/aromatic N) is 3. The van der Waals surface area contributed by atoms with E-state index >= 15 is 0 Å². The van der Waals surface area contributed by atoms with E-state index < -0.39 is 11.6 Å². The summed E-state index contributed by atoms with van der Waals surface area (Å²) in [5, 5.41) is 16.7. The van der Waals surface area contributed by atoms with E-state index in [1.807, 2.05) is 56.8 Å². The summed E-state index contributed by atoms with van der Waals surface area (Å²) in [5.74, 6) is -0.277. The van der Waals surface area contributed by atoms with Crippen LogP contribution < -0.4 is 4.74 Å². The van der Waals surface area contributed by atoms with Crippen LogP contribution in [0.15, 0.2) is 48.7 Å². The number of carboxylic acids is 1. The van der Waals surface area contributed by atoms with Crippen molar-refractivity contribution in [2.75, 3.05) is 0 Å². The van der Waals surface area contributed by atoms with Gasteiger partial charge >= 0.3 is 5.97 Å². The molecular formula is C29H28ClN3O3S. The van der Waals surface area contributed by atoms with Crippen LogP contribution in [0.4, 0.5) is 0 Å². The van der Waals surface area contributed by atoms with Crippen LogP contribution in [0.3, 0.4) is 0 Å². The zero-order chi connectivity index (χ0) is 26.5. The van der Waals surface area contributed by atoms with Crippen molar-refractivity contribution in [3.8, 4) is 27.4 Å². The fourth-order valence-corrected chi connectivity index (χ4v) is 5.90. The number of carboxylic acid groups (broad SMARTS) is 1. The van der Waals surface area contributed by atoms with Gasteiger partial charge in [0.05, 0.1) is 28.4 Å². The van der Waals surface area contributed by atoms with Gasteiger partial charge in [0.25, 0.3) is 0 Å². The minimum absolute atomic E-state index is 0.107. The van der Waals surface area contributed by atoms with E-state index in [0.717, 1.165) is 60.5 Å². The van der Waals surface area contributed by atoms with E-state index in [1.165, 1.54) is 0 Å². The molecule has 0 amide bonds. The van der Waals surface area contributed by atoms with Crippen molar-refractivity contribution in [1.82, 2.24) is 14.8 Å². The van der Waals surface area contributed by atoms with Crippen molar-refractivity contribution in [2.45, 2.75) is 53.2 Å². The molecule has 6 nitrogen and oxygen atoms in total. The van der Waals surface area contributed by atoms with Crippen LogP contribution in [0.1, 0.15) is 38.8 Å². The Labute approximate surface area is 224 Å². The van der Waals surface area contributed by atoms with Crippen LogP contribution in [-0.4, -0.2) is 31.4 Å². The summed E-state index contributed by atoms with van der Waals surface area (Å²) >= 11 is 7.91. The number of hydrogen-bond acceptors (Lipinski definition) is 5. The van der Waals surface area contributed by atoms with Gasteiger partial charge in [0.1, 0.15) is 16.4 Å². The summed E-state index contributed by atoms with van der Waals surface area (Å²) in [6.07, 6.45) is 1.77. The van der Waals surface area contributed by atoms with Crippen LogP contribution in [0.5, 0.6) is 5.75 Å². The molecule has 1 N–H and O–H groups in total. The number of aliphatic carboxylic acids is 1. The molecule has 3 aromatic carbocycles. The van der Waals surface area contributed by atoms with Crippen molar-refractivity contribution >= 4 is 50.0 Å². The molecule has 0 fully saturated rings. The molecule has 0 saturated carbocycles. The average molecular weight is 534 g/mol. The van der Waals surface area contributed by atoms with Gasteiger partial charge in [0, 0.05) is 33.6 Å². The molecule has 0 aliphatic heterocycles. The van der Waals surface area contributed by atoms with Crippen molar-refractivity contribution in [1.29, 1.82) is 0 Å². The molecule has 0 unspecified atom stereocenters. The molecule has 2 heterocycles. The summed E-state index contributed by atoms with van der Waals surface area (Å²) < 4.78 is 9.20. The maximum absolute atomic E-state index is 11.9. The zero-order valence-electron chi connectivity index (χ0n) is 21.4. The van der Waals surface area contributed by atoms with Crippen molar-refractivity contribution in [3.63, 3.8) is 0 Å². The second-order valence-corrected chi connectivity index (χ2v) is 11.5. The maximum atomic E-state index is 11.9. The van der Waals surface area contributed by atoms with E-state index in [4.69, 9.17) is 21.3 Å². The Morgan fingerprint density at radius 2 is 1.95 bits per heavy atom. The number of aryl methyl sites for hydroxylation is 2. The van der Waals surface area contributed by atoms with Crippen LogP contribution in [0.2, 0.25) is 5.02 Å². The smallest absolute Gasteiger partial charge is 0.307 e. The lowest BCUT2D eigenvalue weighted by molar-refractivity contribution is -0.136. The largest absolute Gasteiger partial charge is 0.487 e. The predicted octanol–water partition coefficient (Wildman–Crippen LogP) is 7.77. The first-order valence-electron chi connectivity index (χ1n) is 12.1. The third-order valence-electron chi connectivity index (χ3n) is 6.16. The minimum atomic E-state index is -0.890. The Morgan fingerprint density at radius 3 is 2.65 bits per heavy atom. The SMILES string of the molecule is CCn1ncc2cc(-c3nc4cc(C)c(CC(=O)O)c(-c5ccc(Cl)cc5OC(C)(C)C)c4s3)ccc21. The van der Waals surface area contributed by atoms with Gasteiger partial charge in [-0.2, -0.15) is 5.10 Å². The molecule has 0 radical (unpaired) electrons. The second kappa shape index (κ2) is 9.47. The number of carbonyl (C=O) groups is 1. The lowest BCUT2D eigenvalue weighted by Gasteiger charge is -2.24. The maximum Gasteiger partial charge on any atom is 0.307 e. The number of aromatic nitrogens is 3. The van der Waals surface area contributed by atoms with Crippen molar-refractivity contribution in [3.05, 3.63) is 64.8 Å². The van der Waals surface area contributed by atoms with Gasteiger partial charge in [-0.25, -0.2) is 4.98 Å². The Kier molecular flexibility index (Phi) is 6.46. The Hall–Kier alpha value is -3.42. The molecule has 0 aliphatic rings. The first-order chi connectivity index (χ1) is 17.5. The molecule has 0 aliphatic carbocycles. The van der Waals surface area contributed by atoms with Gasteiger partial charge in [-0.05, 0) is 88.2 Å². The highest BCUT2D eigenvalue weighted by atomic mass is 35.5. The van der Waals surface area contributed by atoms with Crippen molar-refractivity contribution < 1.29 is 14.6 Å². The molecule has 0 saturated heterocycles. The number of halogens is 1. The van der Waals surface area contributed by atoms with E-state index in [0.29, 0.717) is 10.8 Å². The summed E-state index contributed by atoms with van der Waals surface area (Å²) in [5.41, 5.74) is 5.69. The number of rotatable bonds is 6. The number of ether oxygens (including phenoxy) is 1. The van der Waals surface area contributed by atoms with E-state index in [1.54, 1.807) is 17.4 Å². The highest BCUT2D eigenvalue weighted by Gasteiger charge is 2.24. The summed E-state index contributed by atoms with van der Waals surface area (Å²) in [7, 11) is 0. The Balaban J connectivity index is 1.76. The van der Waals surface area contributed by atoms with Gasteiger partial charge in [0.15, 0.2) is 0 Å². The minimum Gasteiger partial charge on any atom is -0.487 e. The average Bonchev–Trinajstić information content (AvgIpc) is 3.42. The predicted molar refractivity (Wildman–Crippen MR) is 151 cm³/mol. The Morgan fingerprint density at radius 1 is 1.16 bits per heavy atom. The Bertz CT molecular complexity index is 1660. The molecular weight excluding hydrogens is 506 g/mol. The van der Waals surface area contributed by atoms with Crippen LogP contribution in [-0.2, 0) is 17.8 Å². The first-order valence-corrected chi connectivity index (χ1v) is 13.3. The van der Waals surface area contributed by atoms with E-state index in [2.05, 4.69) is 30.2 Å². The second-order valence-electron chi connectivity index (χ2n) is 10.1. The zero-order valence-corrected chi connectivity index (χ0v) is 23.0. The van der Waals surface area contributed by atoms with Gasteiger partial charge in [-0.3, -0.25) is 9.48 Å². The summed E-state index contributed by atoms with van der Waals surface area (Å²) in [6, 6.07) is 13.7. The molecule has 2 aromatic heterocycles. The molecule has 190 valence electrons. The molecule has 0 atom stereocenters. The molecule has 5 rings (SSSR count). The monoisotopic (exact) mass is 533 g/mol. The number of hydrogen-bond donors (Lipinski definition) is 1. The summed E-state index contributed by atoms with van der Waals surface area (Å²) in [6.45, 7) is 10.7. The standard InChI is InChI=1S/C29H28ClN3O3S/c1-6-33-23-10-7-17(12-18(23)15-31-33)28-32-22-11-16(2)21(14-25(34)35)26(27(22)37-28)20-9-8-19(30)13-24(20)36-29(3,4)5/h7-13,15H,6,14H2,1-5H3,(H,34,35). The van der Waals surface area contributed by atoms with E-state index in [-0.39, 0.29) is 6.42 Å². The lowest BCUT2D eigenvalue weighted by atomic mass is 9.92. The molecule has 8 heteroatoms. The van der Waals surface area contributed by atoms with Gasteiger partial charge in [-0.1, -0.05) is 11.6 Å². The van der Waals surface area contributed by atoms with Crippen molar-refractivity contribution in [2.24, 2.45) is 0 Å². The van der Waals surface area contributed by atoms with Crippen LogP contribution in [0.25, 0.3) is 42.8 Å². The fourth-order valence-electron chi connectivity index (χ4n) is 4.61.